The Kier molecular flexibility index (Phi) is 5.61. The molecule has 0 aromatic heterocycles. The average Bonchev–Trinajstić information content (AvgIpc) is 3.04. The molecule has 0 amide bonds. The number of hydrogen-bond donors (Lipinski definition) is 1. The molecule has 0 bridgehead atoms. The van der Waals surface area contributed by atoms with Gasteiger partial charge in [0, 0.05) is 18.3 Å². The average molecular weight is 417 g/mol. The number of fused-ring (bicyclic) bond motifs is 5. The van der Waals surface area contributed by atoms with Gasteiger partial charge in [0.2, 0.25) is 0 Å². The lowest BCUT2D eigenvalue weighted by molar-refractivity contribution is -0.160. The molecule has 0 unspecified atom stereocenters. The molecule has 3 fully saturated rings. The molecule has 5 heteroatoms. The van der Waals surface area contributed by atoms with Crippen molar-refractivity contribution in [2.24, 2.45) is 40.4 Å². The lowest BCUT2D eigenvalue weighted by atomic mass is 9.45. The van der Waals surface area contributed by atoms with Gasteiger partial charge in [-0.05, 0) is 74.0 Å². The van der Waals surface area contributed by atoms with E-state index < -0.39 is 11.9 Å². The Hall–Kier alpha value is -1.65. The number of ketones is 1. The maximum Gasteiger partial charge on any atom is 0.306 e. The van der Waals surface area contributed by atoms with E-state index in [9.17, 15) is 14.4 Å². The molecule has 0 saturated heterocycles. The predicted molar refractivity (Wildman–Crippen MR) is 113 cm³/mol. The van der Waals surface area contributed by atoms with Crippen LogP contribution in [0.15, 0.2) is 12.2 Å². The van der Waals surface area contributed by atoms with Gasteiger partial charge in [-0.1, -0.05) is 26.0 Å². The summed E-state index contributed by atoms with van der Waals surface area (Å²) in [6.45, 7) is 6.68. The third-order valence-corrected chi connectivity index (χ3v) is 9.50. The third kappa shape index (κ3) is 3.42. The molecule has 30 heavy (non-hydrogen) atoms. The van der Waals surface area contributed by atoms with Crippen LogP contribution in [0.5, 0.6) is 0 Å². The number of esters is 1. The van der Waals surface area contributed by atoms with Crippen LogP contribution in [0.2, 0.25) is 0 Å². The number of ether oxygens (including phenoxy) is 1. The molecule has 8 atom stereocenters. The summed E-state index contributed by atoms with van der Waals surface area (Å²) in [5.74, 6) is 1.11. The number of carbonyl (C=O) groups excluding carboxylic acids is 2. The molecule has 0 aromatic rings. The van der Waals surface area contributed by atoms with E-state index in [0.717, 1.165) is 44.9 Å². The Bertz CT molecular complexity index is 757. The molecule has 166 valence electrons. The largest absolute Gasteiger partial charge is 0.481 e. The Morgan fingerprint density at radius 2 is 1.87 bits per heavy atom. The Morgan fingerprint density at radius 3 is 2.60 bits per heavy atom. The molecule has 4 aliphatic rings. The van der Waals surface area contributed by atoms with Crippen molar-refractivity contribution in [2.45, 2.75) is 84.7 Å². The van der Waals surface area contributed by atoms with Crippen LogP contribution in [0.25, 0.3) is 0 Å². The molecule has 0 heterocycles. The van der Waals surface area contributed by atoms with E-state index >= 15 is 0 Å². The lowest BCUT2D eigenvalue weighted by Crippen LogP contribution is -2.55. The molecule has 4 rings (SSSR count). The Labute approximate surface area is 179 Å². The number of rotatable bonds is 5. The number of allylic oxidation sites excluding steroid dienone is 2. The summed E-state index contributed by atoms with van der Waals surface area (Å²) in [5, 5.41) is 8.80. The quantitative estimate of drug-likeness (QED) is 0.515. The third-order valence-electron chi connectivity index (χ3n) is 9.50. The van der Waals surface area contributed by atoms with E-state index in [1.807, 2.05) is 6.92 Å². The molecule has 4 aliphatic carbocycles. The molecule has 3 saturated carbocycles. The van der Waals surface area contributed by atoms with E-state index in [2.05, 4.69) is 26.0 Å². The fourth-order valence-electron chi connectivity index (χ4n) is 8.02. The maximum absolute atomic E-state index is 13.1. The zero-order chi connectivity index (χ0) is 21.7. The number of carboxylic acids is 1. The Balaban J connectivity index is 1.49. The van der Waals surface area contributed by atoms with Crippen LogP contribution in [0, 0.1) is 40.4 Å². The highest BCUT2D eigenvalue weighted by molar-refractivity contribution is 5.83. The van der Waals surface area contributed by atoms with Gasteiger partial charge in [0.15, 0.2) is 0 Å². The van der Waals surface area contributed by atoms with Gasteiger partial charge < -0.3 is 9.84 Å². The second-order valence-electron chi connectivity index (χ2n) is 10.8. The molecular weight excluding hydrogens is 380 g/mol. The Morgan fingerprint density at radius 1 is 1.13 bits per heavy atom. The molecule has 1 N–H and O–H groups in total. The van der Waals surface area contributed by atoms with Gasteiger partial charge in [0.25, 0.3) is 0 Å². The summed E-state index contributed by atoms with van der Waals surface area (Å²) < 4.78 is 5.68. The van der Waals surface area contributed by atoms with Gasteiger partial charge in [-0.15, -0.1) is 0 Å². The van der Waals surface area contributed by atoms with Gasteiger partial charge >= 0.3 is 11.9 Å². The normalized spacial score (nSPS) is 43.3. The van der Waals surface area contributed by atoms with Crippen LogP contribution >= 0.6 is 0 Å². The van der Waals surface area contributed by atoms with Gasteiger partial charge in [-0.3, -0.25) is 14.4 Å². The van der Waals surface area contributed by atoms with Crippen LogP contribution in [0.3, 0.4) is 0 Å². The zero-order valence-electron chi connectivity index (χ0n) is 18.6. The maximum atomic E-state index is 13.1. The summed E-state index contributed by atoms with van der Waals surface area (Å²) in [6, 6.07) is 0. The summed E-state index contributed by atoms with van der Waals surface area (Å²) >= 11 is 0. The van der Waals surface area contributed by atoms with Crippen molar-refractivity contribution in [3.63, 3.8) is 0 Å². The summed E-state index contributed by atoms with van der Waals surface area (Å²) in [5.41, 5.74) is 0.185. The van der Waals surface area contributed by atoms with Crippen molar-refractivity contribution < 1.29 is 24.2 Å². The van der Waals surface area contributed by atoms with E-state index in [0.29, 0.717) is 23.5 Å². The first-order chi connectivity index (χ1) is 14.2. The minimum atomic E-state index is -0.975. The van der Waals surface area contributed by atoms with Gasteiger partial charge in [0.1, 0.15) is 11.9 Å². The predicted octanol–water partition coefficient (Wildman–Crippen LogP) is 4.79. The first-order valence-corrected chi connectivity index (χ1v) is 11.8. The lowest BCUT2D eigenvalue weighted by Gasteiger charge is -2.59. The van der Waals surface area contributed by atoms with E-state index in [-0.39, 0.29) is 41.6 Å². The SMILES string of the molecule is C[C@@H](OC(=O)CCC(=O)O)[C@H]1CC[C@H]2[C@@H]3CC(=O)[C@H]4CC=CC[C@]4(C)[C@H]3CC[C@]12C. The number of Topliss-reactive ketones (excluding diaryl/α,β-unsaturated/α-hetero) is 1. The van der Waals surface area contributed by atoms with Crippen LogP contribution in [0.4, 0.5) is 0 Å². The number of carbonyl (C=O) groups is 3. The van der Waals surface area contributed by atoms with Crippen LogP contribution in [-0.4, -0.2) is 28.9 Å². The molecular formula is C25H36O5. The number of aliphatic carboxylic acids is 1. The number of carboxylic acid groups (broad SMARTS) is 1. The first kappa shape index (κ1) is 21.6. The van der Waals surface area contributed by atoms with E-state index in [4.69, 9.17) is 9.84 Å². The fraction of sp³-hybridized carbons (Fsp3) is 0.800. The summed E-state index contributed by atoms with van der Waals surface area (Å²) in [7, 11) is 0. The standard InChI is InChI=1S/C25H36O5/c1-15(30-23(29)10-9-22(27)28)17-7-8-18-16-14-21(26)20-6-4-5-12-24(20,2)19(16)11-13-25(17,18)3/h4-5,15-20H,6-14H2,1-3H3,(H,27,28)/t15-,16+,17-,18+,19+,20-,24-,25-/m1/s1. The van der Waals surface area contributed by atoms with Crippen molar-refractivity contribution >= 4 is 17.7 Å². The molecule has 0 spiro atoms. The molecule has 5 nitrogen and oxygen atoms in total. The minimum absolute atomic E-state index is 0.0704. The zero-order valence-corrected chi connectivity index (χ0v) is 18.6. The van der Waals surface area contributed by atoms with Crippen molar-refractivity contribution in [3.8, 4) is 0 Å². The van der Waals surface area contributed by atoms with Crippen molar-refractivity contribution in [2.75, 3.05) is 0 Å². The fourth-order valence-corrected chi connectivity index (χ4v) is 8.02. The van der Waals surface area contributed by atoms with Gasteiger partial charge in [0.05, 0.1) is 12.8 Å². The smallest absolute Gasteiger partial charge is 0.306 e. The topological polar surface area (TPSA) is 80.7 Å². The van der Waals surface area contributed by atoms with E-state index in [1.54, 1.807) is 0 Å². The van der Waals surface area contributed by atoms with Crippen LogP contribution < -0.4 is 0 Å². The first-order valence-electron chi connectivity index (χ1n) is 11.8. The van der Waals surface area contributed by atoms with Crippen LogP contribution in [-0.2, 0) is 19.1 Å². The summed E-state index contributed by atoms with van der Waals surface area (Å²) in [4.78, 5) is 36.0. The second kappa shape index (κ2) is 7.80. The van der Waals surface area contributed by atoms with Crippen molar-refractivity contribution in [3.05, 3.63) is 12.2 Å². The molecule has 0 radical (unpaired) electrons. The van der Waals surface area contributed by atoms with Gasteiger partial charge in [-0.25, -0.2) is 0 Å². The minimum Gasteiger partial charge on any atom is -0.481 e. The highest BCUT2D eigenvalue weighted by atomic mass is 16.5. The van der Waals surface area contributed by atoms with Crippen molar-refractivity contribution in [1.82, 2.24) is 0 Å². The van der Waals surface area contributed by atoms with Gasteiger partial charge in [-0.2, -0.15) is 0 Å². The van der Waals surface area contributed by atoms with E-state index in [1.165, 1.54) is 0 Å². The molecule has 0 aliphatic heterocycles. The summed E-state index contributed by atoms with van der Waals surface area (Å²) in [6.07, 6.45) is 11.1. The highest BCUT2D eigenvalue weighted by Crippen LogP contribution is 2.66. The second-order valence-corrected chi connectivity index (χ2v) is 10.8. The highest BCUT2D eigenvalue weighted by Gasteiger charge is 2.62. The number of hydrogen-bond acceptors (Lipinski definition) is 4. The van der Waals surface area contributed by atoms with Crippen molar-refractivity contribution in [1.29, 1.82) is 0 Å². The van der Waals surface area contributed by atoms with Crippen LogP contribution in [0.1, 0.15) is 78.6 Å². The molecule has 0 aromatic carbocycles. The monoisotopic (exact) mass is 416 g/mol.